The first-order valence-corrected chi connectivity index (χ1v) is 8.46. The number of hydrogen-bond acceptors (Lipinski definition) is 7. The van der Waals surface area contributed by atoms with Crippen LogP contribution in [-0.4, -0.2) is 31.9 Å². The minimum atomic E-state index is -0.481. The summed E-state index contributed by atoms with van der Waals surface area (Å²) in [4.78, 5) is 21.8. The smallest absolute Gasteiger partial charge is 0.407 e. The van der Waals surface area contributed by atoms with Crippen molar-refractivity contribution < 1.29 is 24.3 Å². The van der Waals surface area contributed by atoms with Crippen LogP contribution in [0.3, 0.4) is 0 Å². The molecule has 0 bridgehead atoms. The number of hydrogen-bond donors (Lipinski definition) is 2. The van der Waals surface area contributed by atoms with E-state index in [9.17, 15) is 4.79 Å². The third-order valence-corrected chi connectivity index (χ3v) is 3.46. The lowest BCUT2D eigenvalue weighted by Crippen LogP contribution is -2.36. The summed E-state index contributed by atoms with van der Waals surface area (Å²) < 4.78 is 8.46. The van der Waals surface area contributed by atoms with Crippen LogP contribution in [0.1, 0.15) is 27.7 Å². The Hall–Kier alpha value is -1.48. The predicted octanol–water partition coefficient (Wildman–Crippen LogP) is 3.32. The Labute approximate surface area is 147 Å². The summed E-state index contributed by atoms with van der Waals surface area (Å²) >= 11 is 1.50. The average Bonchev–Trinajstić information content (AvgIpc) is 2.50. The van der Waals surface area contributed by atoms with Gasteiger partial charge >= 0.3 is 6.09 Å². The molecule has 0 aromatic heterocycles. The molecule has 0 aliphatic carbocycles. The monoisotopic (exact) mass is 358 g/mol. The van der Waals surface area contributed by atoms with Gasteiger partial charge in [0.25, 0.3) is 0 Å². The van der Waals surface area contributed by atoms with Crippen molar-refractivity contribution in [2.24, 2.45) is 5.92 Å². The van der Waals surface area contributed by atoms with Crippen molar-refractivity contribution in [2.75, 3.05) is 20.2 Å². The maximum atomic E-state index is 11.6. The van der Waals surface area contributed by atoms with Crippen LogP contribution in [0, 0.1) is 5.92 Å². The zero-order valence-electron chi connectivity index (χ0n) is 14.8. The van der Waals surface area contributed by atoms with Gasteiger partial charge in [0, 0.05) is 18.0 Å². The average molecular weight is 358 g/mol. The summed E-state index contributed by atoms with van der Waals surface area (Å²) in [5.74, 6) is 0.818. The van der Waals surface area contributed by atoms with Crippen molar-refractivity contribution in [3.63, 3.8) is 0 Å². The third kappa shape index (κ3) is 9.61. The molecule has 8 heteroatoms. The van der Waals surface area contributed by atoms with Crippen LogP contribution in [-0.2, 0) is 14.7 Å². The first kappa shape index (κ1) is 20.6. The van der Waals surface area contributed by atoms with Crippen LogP contribution in [0.25, 0.3) is 0 Å². The summed E-state index contributed by atoms with van der Waals surface area (Å²) in [5.41, 5.74) is -0.481. The lowest BCUT2D eigenvalue weighted by atomic mass is 10.2. The van der Waals surface area contributed by atoms with Crippen LogP contribution in [0.5, 0.6) is 5.75 Å². The predicted molar refractivity (Wildman–Crippen MR) is 92.4 cm³/mol. The van der Waals surface area contributed by atoms with E-state index in [2.05, 4.69) is 20.0 Å². The van der Waals surface area contributed by atoms with Crippen molar-refractivity contribution in [2.45, 2.75) is 38.2 Å². The molecule has 0 saturated heterocycles. The molecule has 1 unspecified atom stereocenters. The molecule has 7 nitrogen and oxygen atoms in total. The second-order valence-corrected chi connectivity index (χ2v) is 7.19. The Kier molecular flexibility index (Phi) is 8.91. The highest BCUT2D eigenvalue weighted by atomic mass is 32.2. The van der Waals surface area contributed by atoms with Gasteiger partial charge in [-0.25, -0.2) is 4.79 Å². The molecule has 0 aliphatic heterocycles. The minimum Gasteiger partial charge on any atom is -0.444 e. The Morgan fingerprint density at radius 3 is 2.46 bits per heavy atom. The molecule has 1 aromatic rings. The third-order valence-electron chi connectivity index (χ3n) is 2.64. The molecule has 0 fully saturated rings. The number of alkyl carbamates (subject to hydrolysis) is 1. The summed E-state index contributed by atoms with van der Waals surface area (Å²) in [6.45, 7) is 8.85. The second-order valence-electron chi connectivity index (χ2n) is 6.23. The van der Waals surface area contributed by atoms with Crippen LogP contribution in [0.4, 0.5) is 4.79 Å². The maximum Gasteiger partial charge on any atom is 0.407 e. The van der Waals surface area contributed by atoms with Crippen LogP contribution >= 0.6 is 11.9 Å². The number of ether oxygens (including phenoxy) is 1. The molecular weight excluding hydrogens is 332 g/mol. The first-order valence-electron chi connectivity index (χ1n) is 7.64. The van der Waals surface area contributed by atoms with Gasteiger partial charge in [0.05, 0.1) is 7.11 Å². The second kappa shape index (κ2) is 10.4. The van der Waals surface area contributed by atoms with Crippen LogP contribution in [0.2, 0.25) is 0 Å². The van der Waals surface area contributed by atoms with E-state index in [1.807, 2.05) is 39.8 Å². The van der Waals surface area contributed by atoms with Crippen LogP contribution < -0.4 is 14.9 Å². The number of carbonyl (C=O) groups is 1. The maximum absolute atomic E-state index is 11.6. The topological polar surface area (TPSA) is 78.0 Å². The molecule has 0 aliphatic rings. The van der Waals surface area contributed by atoms with Crippen molar-refractivity contribution in [1.29, 1.82) is 0 Å². The van der Waals surface area contributed by atoms with E-state index in [0.29, 0.717) is 12.3 Å². The lowest BCUT2D eigenvalue weighted by Gasteiger charge is -2.20. The van der Waals surface area contributed by atoms with Gasteiger partial charge in [0.1, 0.15) is 5.60 Å². The van der Waals surface area contributed by atoms with Gasteiger partial charge in [-0.1, -0.05) is 6.92 Å². The van der Waals surface area contributed by atoms with E-state index in [-0.39, 0.29) is 5.92 Å². The van der Waals surface area contributed by atoms with Gasteiger partial charge in [0.2, 0.25) is 0 Å². The Balaban J connectivity index is 2.20. The molecule has 136 valence electrons. The van der Waals surface area contributed by atoms with Gasteiger partial charge < -0.3 is 14.9 Å². The van der Waals surface area contributed by atoms with Crippen molar-refractivity contribution in [3.05, 3.63) is 24.3 Å². The number of carbonyl (C=O) groups excluding carboxylic acids is 1. The van der Waals surface area contributed by atoms with Gasteiger partial charge in [-0.3, -0.25) is 4.72 Å². The summed E-state index contributed by atoms with van der Waals surface area (Å²) in [7, 11) is 1.37. The van der Waals surface area contributed by atoms with E-state index in [4.69, 9.17) is 9.62 Å². The van der Waals surface area contributed by atoms with E-state index < -0.39 is 11.7 Å². The Bertz CT molecular complexity index is 490. The number of nitrogens with one attached hydrogen (secondary N) is 2. The number of rotatable bonds is 9. The molecule has 0 radical (unpaired) electrons. The first-order chi connectivity index (χ1) is 11.3. The Morgan fingerprint density at radius 1 is 1.21 bits per heavy atom. The molecule has 2 N–H and O–H groups in total. The molecule has 1 aromatic carbocycles. The van der Waals surface area contributed by atoms with Crippen molar-refractivity contribution in [1.82, 2.24) is 10.0 Å². The van der Waals surface area contributed by atoms with Gasteiger partial charge in [-0.05, 0) is 67.9 Å². The van der Waals surface area contributed by atoms with Crippen LogP contribution in [0.15, 0.2) is 29.2 Å². The molecule has 1 rings (SSSR count). The zero-order valence-corrected chi connectivity index (χ0v) is 15.6. The van der Waals surface area contributed by atoms with E-state index in [1.54, 1.807) is 12.1 Å². The van der Waals surface area contributed by atoms with E-state index in [0.717, 1.165) is 11.4 Å². The fourth-order valence-corrected chi connectivity index (χ4v) is 2.35. The molecule has 1 amide bonds. The highest BCUT2D eigenvalue weighted by molar-refractivity contribution is 7.97. The number of amides is 1. The normalized spacial score (nSPS) is 12.5. The van der Waals surface area contributed by atoms with E-state index in [1.165, 1.54) is 19.1 Å². The highest BCUT2D eigenvalue weighted by Gasteiger charge is 2.16. The molecular formula is C16H26N2O5S. The lowest BCUT2D eigenvalue weighted by molar-refractivity contribution is -0.453. The van der Waals surface area contributed by atoms with E-state index >= 15 is 0 Å². The quantitative estimate of drug-likeness (QED) is 0.398. The largest absolute Gasteiger partial charge is 0.444 e. The summed E-state index contributed by atoms with van der Waals surface area (Å²) in [6, 6.07) is 7.35. The molecule has 0 spiro atoms. The fourth-order valence-electron chi connectivity index (χ4n) is 1.55. The fraction of sp³-hybridized carbons (Fsp3) is 0.562. The highest BCUT2D eigenvalue weighted by Crippen LogP contribution is 2.19. The SMILES string of the molecule is COOOc1ccc(SNCC(C)CNC(=O)OC(C)(C)C)cc1. The van der Waals surface area contributed by atoms with Gasteiger partial charge in [-0.15, -0.1) is 0 Å². The molecule has 1 atom stereocenters. The van der Waals surface area contributed by atoms with Crippen molar-refractivity contribution >= 4 is 18.0 Å². The molecule has 0 saturated carbocycles. The summed E-state index contributed by atoms with van der Waals surface area (Å²) in [6.07, 6.45) is -0.393. The molecule has 24 heavy (non-hydrogen) atoms. The minimum absolute atomic E-state index is 0.266. The van der Waals surface area contributed by atoms with Crippen molar-refractivity contribution in [3.8, 4) is 5.75 Å². The summed E-state index contributed by atoms with van der Waals surface area (Å²) in [5, 5.41) is 7.14. The van der Waals surface area contributed by atoms with Gasteiger partial charge in [0.15, 0.2) is 5.75 Å². The zero-order chi connectivity index (χ0) is 18.0. The molecule has 0 heterocycles. The van der Waals surface area contributed by atoms with Gasteiger partial charge in [-0.2, -0.15) is 4.89 Å². The number of benzene rings is 1. The standard InChI is InChI=1S/C16H26N2O5S/c1-12(10-17-15(19)21-16(2,3)4)11-18-24-14-8-6-13(7-9-14)22-23-20-5/h6-9,12,18H,10-11H2,1-5H3,(H,17,19). The Morgan fingerprint density at radius 2 is 1.88 bits per heavy atom.